The Labute approximate surface area is 155 Å². The first-order valence-corrected chi connectivity index (χ1v) is 9.32. The molecule has 24 heavy (non-hydrogen) atoms. The molecule has 126 valence electrons. The zero-order valence-electron chi connectivity index (χ0n) is 13.2. The van der Waals surface area contributed by atoms with Gasteiger partial charge in [0.2, 0.25) is 0 Å². The topological polar surface area (TPSA) is 29.5 Å². The molecule has 0 saturated heterocycles. The number of benzene rings is 2. The predicted molar refractivity (Wildman–Crippen MR) is 101 cm³/mol. The minimum absolute atomic E-state index is 0.0759. The van der Waals surface area contributed by atoms with Crippen molar-refractivity contribution in [2.75, 3.05) is 18.1 Å². The number of fused-ring (bicyclic) bond motifs is 1. The number of ether oxygens (including phenoxy) is 1. The molecule has 0 aromatic heterocycles. The normalized spacial score (nSPS) is 17.1. The summed E-state index contributed by atoms with van der Waals surface area (Å²) in [4.78, 5) is 15.6. The molecule has 3 nitrogen and oxygen atoms in total. The van der Waals surface area contributed by atoms with Crippen LogP contribution >= 0.6 is 35.0 Å². The zero-order valence-corrected chi connectivity index (χ0v) is 15.5. The Hall–Kier alpha value is -1.36. The van der Waals surface area contributed by atoms with Crippen molar-refractivity contribution in [2.24, 2.45) is 0 Å². The summed E-state index contributed by atoms with van der Waals surface area (Å²) in [5, 5.41) is 1.20. The molecule has 1 atom stereocenters. The van der Waals surface area contributed by atoms with E-state index in [1.54, 1.807) is 34.9 Å². The van der Waals surface area contributed by atoms with Gasteiger partial charge < -0.3 is 9.64 Å². The summed E-state index contributed by atoms with van der Waals surface area (Å²) in [6, 6.07) is 13.1. The first kappa shape index (κ1) is 17.5. The first-order valence-electron chi connectivity index (χ1n) is 7.69. The van der Waals surface area contributed by atoms with Crippen molar-refractivity contribution in [1.29, 1.82) is 0 Å². The molecule has 0 radical (unpaired) electrons. The van der Waals surface area contributed by atoms with Gasteiger partial charge in [0.05, 0.1) is 10.7 Å². The molecule has 3 rings (SSSR count). The minimum Gasteiger partial charge on any atom is -0.482 e. The van der Waals surface area contributed by atoms with Crippen LogP contribution in [0.4, 0.5) is 5.69 Å². The number of para-hydroxylation sites is 1. The van der Waals surface area contributed by atoms with Gasteiger partial charge in [-0.2, -0.15) is 0 Å². The highest BCUT2D eigenvalue weighted by Gasteiger charge is 2.24. The maximum atomic E-state index is 12.7. The molecule has 1 aliphatic rings. The largest absolute Gasteiger partial charge is 0.482 e. The molecule has 0 spiro atoms. The summed E-state index contributed by atoms with van der Waals surface area (Å²) in [7, 11) is 0. The Morgan fingerprint density at radius 3 is 2.88 bits per heavy atom. The number of hydrogen-bond acceptors (Lipinski definition) is 3. The highest BCUT2D eigenvalue weighted by molar-refractivity contribution is 8.00. The lowest BCUT2D eigenvalue weighted by Gasteiger charge is -2.22. The Morgan fingerprint density at radius 2 is 2.04 bits per heavy atom. The number of hydrogen-bond donors (Lipinski definition) is 0. The highest BCUT2D eigenvalue weighted by atomic mass is 35.5. The Kier molecular flexibility index (Phi) is 5.59. The molecule has 1 heterocycles. The number of carbonyl (C=O) groups is 1. The van der Waals surface area contributed by atoms with Gasteiger partial charge in [0.1, 0.15) is 10.8 Å². The molecule has 0 N–H and O–H groups in total. The molecule has 0 saturated carbocycles. The van der Waals surface area contributed by atoms with E-state index in [4.69, 9.17) is 27.9 Å². The summed E-state index contributed by atoms with van der Waals surface area (Å²) in [6.07, 6.45) is 0.934. The van der Waals surface area contributed by atoms with Crippen molar-refractivity contribution in [3.8, 4) is 5.75 Å². The summed E-state index contributed by atoms with van der Waals surface area (Å²) in [5.41, 5.74) is 0.942. The van der Waals surface area contributed by atoms with Gasteiger partial charge in [0, 0.05) is 16.7 Å². The monoisotopic (exact) mass is 381 g/mol. The van der Waals surface area contributed by atoms with Crippen molar-refractivity contribution in [1.82, 2.24) is 0 Å². The zero-order chi connectivity index (χ0) is 17.1. The van der Waals surface area contributed by atoms with Crippen LogP contribution in [0.5, 0.6) is 5.75 Å². The SMILES string of the molecule is C[C@@H]1CCN(C(=O)COc2cccc(Cl)c2Cl)c2ccccc2S1. The van der Waals surface area contributed by atoms with Crippen LogP contribution in [0.25, 0.3) is 0 Å². The van der Waals surface area contributed by atoms with Crippen LogP contribution in [-0.2, 0) is 4.79 Å². The van der Waals surface area contributed by atoms with Gasteiger partial charge in [-0.05, 0) is 30.7 Å². The van der Waals surface area contributed by atoms with Crippen molar-refractivity contribution in [3.05, 3.63) is 52.5 Å². The van der Waals surface area contributed by atoms with E-state index in [2.05, 4.69) is 13.0 Å². The fraction of sp³-hybridized carbons (Fsp3) is 0.278. The molecule has 0 fully saturated rings. The van der Waals surface area contributed by atoms with Gasteiger partial charge in [0.15, 0.2) is 6.61 Å². The average Bonchev–Trinajstić information content (AvgIpc) is 2.74. The van der Waals surface area contributed by atoms with Crippen LogP contribution in [0.2, 0.25) is 10.0 Å². The lowest BCUT2D eigenvalue weighted by molar-refractivity contribution is -0.120. The van der Waals surface area contributed by atoms with E-state index in [9.17, 15) is 4.79 Å². The number of nitrogens with zero attached hydrogens (tertiary/aromatic N) is 1. The second-order valence-electron chi connectivity index (χ2n) is 5.57. The highest BCUT2D eigenvalue weighted by Crippen LogP contribution is 2.37. The lowest BCUT2D eigenvalue weighted by Crippen LogP contribution is -2.36. The molecule has 0 unspecified atom stereocenters. The van der Waals surface area contributed by atoms with Crippen molar-refractivity contribution < 1.29 is 9.53 Å². The summed E-state index contributed by atoms with van der Waals surface area (Å²) in [6.45, 7) is 2.78. The minimum atomic E-state index is -0.0896. The first-order chi connectivity index (χ1) is 11.6. The van der Waals surface area contributed by atoms with E-state index in [1.165, 1.54) is 0 Å². The quantitative estimate of drug-likeness (QED) is 0.723. The second-order valence-corrected chi connectivity index (χ2v) is 7.84. The van der Waals surface area contributed by atoms with E-state index >= 15 is 0 Å². The van der Waals surface area contributed by atoms with Crippen LogP contribution in [-0.4, -0.2) is 24.3 Å². The molecule has 1 amide bonds. The van der Waals surface area contributed by atoms with E-state index in [0.29, 0.717) is 27.6 Å². The number of amides is 1. The third-order valence-electron chi connectivity index (χ3n) is 3.81. The maximum absolute atomic E-state index is 12.7. The van der Waals surface area contributed by atoms with Gasteiger partial charge in [-0.25, -0.2) is 0 Å². The predicted octanol–water partition coefficient (Wildman–Crippen LogP) is 5.29. The van der Waals surface area contributed by atoms with E-state index < -0.39 is 0 Å². The van der Waals surface area contributed by atoms with E-state index in [0.717, 1.165) is 17.0 Å². The molecular weight excluding hydrogens is 365 g/mol. The van der Waals surface area contributed by atoms with Crippen LogP contribution in [0.1, 0.15) is 13.3 Å². The summed E-state index contributed by atoms with van der Waals surface area (Å²) in [5.74, 6) is 0.330. The van der Waals surface area contributed by atoms with Crippen LogP contribution in [0, 0.1) is 0 Å². The number of halogens is 2. The Balaban J connectivity index is 1.76. The number of thioether (sulfide) groups is 1. The fourth-order valence-corrected chi connectivity index (χ4v) is 4.02. The van der Waals surface area contributed by atoms with Crippen LogP contribution in [0.15, 0.2) is 47.4 Å². The molecule has 0 aliphatic carbocycles. The summed E-state index contributed by atoms with van der Waals surface area (Å²) < 4.78 is 5.60. The fourth-order valence-electron chi connectivity index (χ4n) is 2.56. The van der Waals surface area contributed by atoms with Gasteiger partial charge >= 0.3 is 0 Å². The number of anilines is 1. The van der Waals surface area contributed by atoms with E-state index in [1.807, 2.05) is 18.2 Å². The molecule has 2 aromatic carbocycles. The van der Waals surface area contributed by atoms with Crippen LogP contribution in [0.3, 0.4) is 0 Å². The van der Waals surface area contributed by atoms with Crippen LogP contribution < -0.4 is 9.64 Å². The van der Waals surface area contributed by atoms with Crippen molar-refractivity contribution in [3.63, 3.8) is 0 Å². The Morgan fingerprint density at radius 1 is 1.25 bits per heavy atom. The van der Waals surface area contributed by atoms with Gasteiger partial charge in [0.25, 0.3) is 5.91 Å². The third-order valence-corrected chi connectivity index (χ3v) is 5.85. The maximum Gasteiger partial charge on any atom is 0.264 e. The van der Waals surface area contributed by atoms with Gasteiger partial charge in [-0.15, -0.1) is 11.8 Å². The summed E-state index contributed by atoms with van der Waals surface area (Å²) >= 11 is 13.9. The smallest absolute Gasteiger partial charge is 0.264 e. The molecular formula is C18H17Cl2NO2S. The molecule has 1 aliphatic heterocycles. The number of carbonyl (C=O) groups excluding carboxylic acids is 1. The Bertz CT molecular complexity index is 754. The van der Waals surface area contributed by atoms with Crippen molar-refractivity contribution >= 4 is 46.6 Å². The average molecular weight is 382 g/mol. The number of rotatable bonds is 3. The molecule has 0 bridgehead atoms. The van der Waals surface area contributed by atoms with Crippen molar-refractivity contribution in [2.45, 2.75) is 23.5 Å². The molecule has 2 aromatic rings. The lowest BCUT2D eigenvalue weighted by atomic mass is 10.2. The second kappa shape index (κ2) is 7.68. The van der Waals surface area contributed by atoms with Gasteiger partial charge in [-0.3, -0.25) is 4.79 Å². The standard InChI is InChI=1S/C18H17Cl2NO2S/c1-12-9-10-21(14-6-2-3-8-16(14)24-12)17(22)11-23-15-7-4-5-13(19)18(15)20/h2-8,12H,9-11H2,1H3/t12-/m1/s1. The molecule has 6 heteroatoms. The third kappa shape index (κ3) is 3.82. The van der Waals surface area contributed by atoms with Gasteiger partial charge in [-0.1, -0.05) is 48.3 Å². The van der Waals surface area contributed by atoms with E-state index in [-0.39, 0.29) is 12.5 Å².